The molecule has 3 nitrogen and oxygen atoms in total. The van der Waals surface area contributed by atoms with E-state index in [1.807, 2.05) is 6.07 Å². The van der Waals surface area contributed by atoms with Crippen molar-refractivity contribution in [2.45, 2.75) is 0 Å². The van der Waals surface area contributed by atoms with E-state index < -0.39 is 0 Å². The van der Waals surface area contributed by atoms with E-state index in [2.05, 4.69) is 4.99 Å². The number of ether oxygens (including phenoxy) is 1. The summed E-state index contributed by atoms with van der Waals surface area (Å²) in [5.74, 6) is 1.35. The van der Waals surface area contributed by atoms with E-state index in [4.69, 9.17) is 27.9 Å². The molecule has 120 valence electrons. The first-order chi connectivity index (χ1) is 11.6. The van der Waals surface area contributed by atoms with E-state index in [1.54, 1.807) is 66.9 Å². The summed E-state index contributed by atoms with van der Waals surface area (Å²) in [4.78, 5) is 4.32. The van der Waals surface area contributed by atoms with Gasteiger partial charge in [0, 0.05) is 16.8 Å². The lowest BCUT2D eigenvalue weighted by Gasteiger charge is -2.08. The molecule has 24 heavy (non-hydrogen) atoms. The van der Waals surface area contributed by atoms with Gasteiger partial charge in [-0.25, -0.2) is 0 Å². The Morgan fingerprint density at radius 1 is 0.917 bits per heavy atom. The number of phenols is 1. The molecule has 0 fully saturated rings. The summed E-state index contributed by atoms with van der Waals surface area (Å²) in [6.45, 7) is 0. The molecule has 0 aliphatic heterocycles. The van der Waals surface area contributed by atoms with Gasteiger partial charge in [0.05, 0.1) is 10.7 Å². The number of para-hydroxylation sites is 1. The van der Waals surface area contributed by atoms with Gasteiger partial charge in [-0.05, 0) is 54.6 Å². The van der Waals surface area contributed by atoms with Gasteiger partial charge in [-0.2, -0.15) is 0 Å². The molecule has 0 amide bonds. The first kappa shape index (κ1) is 16.4. The van der Waals surface area contributed by atoms with E-state index in [-0.39, 0.29) is 5.75 Å². The molecular formula is C19H13Cl2NO2. The third-order valence-corrected chi connectivity index (χ3v) is 3.79. The van der Waals surface area contributed by atoms with E-state index in [0.29, 0.717) is 32.8 Å². The van der Waals surface area contributed by atoms with E-state index in [0.717, 1.165) is 0 Å². The average molecular weight is 358 g/mol. The largest absolute Gasteiger partial charge is 0.507 e. The highest BCUT2D eigenvalue weighted by molar-refractivity contribution is 6.32. The van der Waals surface area contributed by atoms with Gasteiger partial charge in [-0.1, -0.05) is 35.3 Å². The molecule has 0 atom stereocenters. The van der Waals surface area contributed by atoms with Crippen molar-refractivity contribution in [3.8, 4) is 17.2 Å². The monoisotopic (exact) mass is 357 g/mol. The van der Waals surface area contributed by atoms with Crippen LogP contribution in [0.4, 0.5) is 5.69 Å². The standard InChI is InChI=1S/C19H13Cl2NO2/c20-14-5-8-16(9-6-14)24-19-10-7-15(11-17(19)21)22-12-13-3-1-2-4-18(13)23/h1-12,23H. The fraction of sp³-hybridized carbons (Fsp3) is 0. The molecule has 0 saturated heterocycles. The minimum atomic E-state index is 0.176. The lowest BCUT2D eigenvalue weighted by atomic mass is 10.2. The molecule has 1 N–H and O–H groups in total. The fourth-order valence-electron chi connectivity index (χ4n) is 2.02. The number of aliphatic imine (C=N–C) groups is 1. The molecule has 3 rings (SSSR count). The van der Waals surface area contributed by atoms with Gasteiger partial charge in [0.2, 0.25) is 0 Å². The molecule has 0 spiro atoms. The number of benzene rings is 3. The zero-order valence-corrected chi connectivity index (χ0v) is 14.0. The maximum Gasteiger partial charge on any atom is 0.146 e. The van der Waals surface area contributed by atoms with E-state index in [9.17, 15) is 5.11 Å². The average Bonchev–Trinajstić information content (AvgIpc) is 2.58. The number of hydrogen-bond donors (Lipinski definition) is 1. The minimum absolute atomic E-state index is 0.176. The minimum Gasteiger partial charge on any atom is -0.507 e. The molecule has 0 heterocycles. The van der Waals surface area contributed by atoms with Crippen LogP contribution in [0.1, 0.15) is 5.56 Å². The number of hydrogen-bond acceptors (Lipinski definition) is 3. The zero-order chi connectivity index (χ0) is 16.9. The molecule has 0 bridgehead atoms. The molecular weight excluding hydrogens is 345 g/mol. The van der Waals surface area contributed by atoms with Crippen LogP contribution in [-0.2, 0) is 0 Å². The summed E-state index contributed by atoms with van der Waals surface area (Å²) >= 11 is 12.1. The normalized spacial score (nSPS) is 10.9. The summed E-state index contributed by atoms with van der Waals surface area (Å²) in [6, 6.07) is 19.2. The second-order valence-corrected chi connectivity index (χ2v) is 5.83. The van der Waals surface area contributed by atoms with Crippen molar-refractivity contribution in [3.05, 3.63) is 82.3 Å². The summed E-state index contributed by atoms with van der Waals surface area (Å²) in [5.41, 5.74) is 1.29. The molecule has 0 aromatic heterocycles. The highest BCUT2D eigenvalue weighted by Gasteiger charge is 2.05. The molecule has 0 radical (unpaired) electrons. The fourth-order valence-corrected chi connectivity index (χ4v) is 2.36. The van der Waals surface area contributed by atoms with Crippen molar-refractivity contribution in [2.75, 3.05) is 0 Å². The van der Waals surface area contributed by atoms with Gasteiger partial charge in [0.15, 0.2) is 0 Å². The van der Waals surface area contributed by atoms with Gasteiger partial charge in [0.25, 0.3) is 0 Å². The van der Waals surface area contributed by atoms with Crippen LogP contribution in [0.2, 0.25) is 10.0 Å². The Hall–Kier alpha value is -2.49. The maximum absolute atomic E-state index is 9.72. The topological polar surface area (TPSA) is 41.8 Å². The Labute approximate surface area is 149 Å². The highest BCUT2D eigenvalue weighted by atomic mass is 35.5. The van der Waals surface area contributed by atoms with E-state index >= 15 is 0 Å². The second-order valence-electron chi connectivity index (χ2n) is 4.99. The van der Waals surface area contributed by atoms with Gasteiger partial charge in [-0.15, -0.1) is 0 Å². The Balaban J connectivity index is 1.77. The second kappa shape index (κ2) is 7.39. The number of aromatic hydroxyl groups is 1. The third kappa shape index (κ3) is 4.07. The van der Waals surface area contributed by atoms with Crippen molar-refractivity contribution in [2.24, 2.45) is 4.99 Å². The highest BCUT2D eigenvalue weighted by Crippen LogP contribution is 2.33. The first-order valence-electron chi connectivity index (χ1n) is 7.17. The first-order valence-corrected chi connectivity index (χ1v) is 7.92. The lowest BCUT2D eigenvalue weighted by molar-refractivity contribution is 0.474. The number of nitrogens with zero attached hydrogens (tertiary/aromatic N) is 1. The Kier molecular flexibility index (Phi) is 5.04. The van der Waals surface area contributed by atoms with Crippen molar-refractivity contribution in [1.29, 1.82) is 0 Å². The summed E-state index contributed by atoms with van der Waals surface area (Å²) in [5, 5.41) is 10.8. The van der Waals surface area contributed by atoms with Crippen molar-refractivity contribution >= 4 is 35.1 Å². The van der Waals surface area contributed by atoms with Crippen molar-refractivity contribution in [3.63, 3.8) is 0 Å². The number of halogens is 2. The van der Waals surface area contributed by atoms with Gasteiger partial charge < -0.3 is 9.84 Å². The van der Waals surface area contributed by atoms with Crippen LogP contribution >= 0.6 is 23.2 Å². The Morgan fingerprint density at radius 3 is 2.38 bits per heavy atom. The van der Waals surface area contributed by atoms with E-state index in [1.165, 1.54) is 0 Å². The van der Waals surface area contributed by atoms with Crippen LogP contribution < -0.4 is 4.74 Å². The van der Waals surface area contributed by atoms with Gasteiger partial charge >= 0.3 is 0 Å². The molecule has 5 heteroatoms. The molecule has 0 saturated carbocycles. The van der Waals surface area contributed by atoms with Crippen molar-refractivity contribution < 1.29 is 9.84 Å². The summed E-state index contributed by atoms with van der Waals surface area (Å²) in [7, 11) is 0. The SMILES string of the molecule is Oc1ccccc1C=Nc1ccc(Oc2ccc(Cl)cc2)c(Cl)c1. The van der Waals surface area contributed by atoms with Crippen LogP contribution in [0.5, 0.6) is 17.2 Å². The van der Waals surface area contributed by atoms with Gasteiger partial charge in [-0.3, -0.25) is 4.99 Å². The molecule has 0 aliphatic carbocycles. The molecule has 3 aromatic carbocycles. The van der Waals surface area contributed by atoms with Crippen LogP contribution in [0, 0.1) is 0 Å². The predicted octanol–water partition coefficient (Wildman–Crippen LogP) is 6.24. The van der Waals surface area contributed by atoms with Crippen LogP contribution in [0.15, 0.2) is 71.7 Å². The smallest absolute Gasteiger partial charge is 0.146 e. The zero-order valence-electron chi connectivity index (χ0n) is 12.5. The molecule has 3 aromatic rings. The third-order valence-electron chi connectivity index (χ3n) is 3.25. The number of phenolic OH excluding ortho intramolecular Hbond substituents is 1. The van der Waals surface area contributed by atoms with Crippen LogP contribution in [-0.4, -0.2) is 11.3 Å². The predicted molar refractivity (Wildman–Crippen MR) is 98.3 cm³/mol. The molecule has 0 unspecified atom stereocenters. The summed E-state index contributed by atoms with van der Waals surface area (Å²) in [6.07, 6.45) is 1.58. The quantitative estimate of drug-likeness (QED) is 0.561. The Morgan fingerprint density at radius 2 is 1.67 bits per heavy atom. The number of rotatable bonds is 4. The van der Waals surface area contributed by atoms with Crippen LogP contribution in [0.3, 0.4) is 0 Å². The maximum atomic E-state index is 9.72. The summed E-state index contributed by atoms with van der Waals surface area (Å²) < 4.78 is 5.72. The van der Waals surface area contributed by atoms with Crippen molar-refractivity contribution in [1.82, 2.24) is 0 Å². The van der Waals surface area contributed by atoms with Gasteiger partial charge in [0.1, 0.15) is 17.2 Å². The lowest BCUT2D eigenvalue weighted by Crippen LogP contribution is -1.85. The molecule has 0 aliphatic rings. The van der Waals surface area contributed by atoms with Crippen LogP contribution in [0.25, 0.3) is 0 Å². The Bertz CT molecular complexity index is 877.